The number of nitrogens with one attached hydrogen (secondary N) is 2. The number of carbonyl (C=O) groups is 1. The van der Waals surface area contributed by atoms with Crippen LogP contribution in [0.25, 0.3) is 10.9 Å². The van der Waals surface area contributed by atoms with Gasteiger partial charge >= 0.3 is 0 Å². The summed E-state index contributed by atoms with van der Waals surface area (Å²) in [5.74, 6) is 0.799. The van der Waals surface area contributed by atoms with Crippen molar-refractivity contribution in [2.75, 3.05) is 11.9 Å². The maximum Gasteiger partial charge on any atom is 0.278 e. The van der Waals surface area contributed by atoms with Crippen molar-refractivity contribution in [2.24, 2.45) is 5.92 Å². The van der Waals surface area contributed by atoms with Crippen molar-refractivity contribution < 1.29 is 14.5 Å². The van der Waals surface area contributed by atoms with Gasteiger partial charge < -0.3 is 10.1 Å². The third-order valence-electron chi connectivity index (χ3n) is 5.17. The standard InChI is InChI=1S/C20H21N5O4/c26-20(18-15-11-14(25(27)28)8-9-16(15)23-24-18)22-19-17(7-4-10-21-19)29-12-13-5-2-1-3-6-13/h4,7-11,13H,1-3,5-6,12H2,(H,23,24)(H,21,22,26). The summed E-state index contributed by atoms with van der Waals surface area (Å²) in [6.07, 6.45) is 7.60. The second kappa shape index (κ2) is 8.26. The molecule has 1 saturated carbocycles. The van der Waals surface area contributed by atoms with Crippen LogP contribution in [-0.2, 0) is 0 Å². The lowest BCUT2D eigenvalue weighted by molar-refractivity contribution is -0.384. The number of non-ortho nitro benzene ring substituents is 1. The summed E-state index contributed by atoms with van der Waals surface area (Å²) in [6, 6.07) is 7.72. The fourth-order valence-corrected chi connectivity index (χ4v) is 3.62. The van der Waals surface area contributed by atoms with E-state index in [1.807, 2.05) is 0 Å². The number of H-pyrrole nitrogens is 1. The highest BCUT2D eigenvalue weighted by molar-refractivity contribution is 6.11. The van der Waals surface area contributed by atoms with Crippen LogP contribution in [-0.4, -0.2) is 32.6 Å². The second-order valence-electron chi connectivity index (χ2n) is 7.18. The molecule has 9 heteroatoms. The Balaban J connectivity index is 1.52. The molecule has 0 aliphatic heterocycles. The summed E-state index contributed by atoms with van der Waals surface area (Å²) >= 11 is 0. The summed E-state index contributed by atoms with van der Waals surface area (Å²) in [4.78, 5) is 27.5. The van der Waals surface area contributed by atoms with Gasteiger partial charge in [0.1, 0.15) is 0 Å². The first-order chi connectivity index (χ1) is 14.1. The van der Waals surface area contributed by atoms with Gasteiger partial charge in [-0.25, -0.2) is 4.98 Å². The maximum atomic E-state index is 12.8. The Morgan fingerprint density at radius 2 is 2.10 bits per heavy atom. The minimum atomic E-state index is -0.516. The predicted molar refractivity (Wildman–Crippen MR) is 107 cm³/mol. The number of aromatic amines is 1. The van der Waals surface area contributed by atoms with Crippen molar-refractivity contribution in [2.45, 2.75) is 32.1 Å². The van der Waals surface area contributed by atoms with Crippen LogP contribution in [0.4, 0.5) is 11.5 Å². The van der Waals surface area contributed by atoms with Crippen LogP contribution in [0.3, 0.4) is 0 Å². The zero-order valence-electron chi connectivity index (χ0n) is 15.8. The van der Waals surface area contributed by atoms with Crippen molar-refractivity contribution in [1.82, 2.24) is 15.2 Å². The lowest BCUT2D eigenvalue weighted by Gasteiger charge is -2.22. The molecule has 0 spiro atoms. The van der Waals surface area contributed by atoms with Crippen molar-refractivity contribution in [3.63, 3.8) is 0 Å². The van der Waals surface area contributed by atoms with E-state index in [4.69, 9.17) is 4.74 Å². The first-order valence-corrected chi connectivity index (χ1v) is 9.63. The molecule has 1 aliphatic rings. The molecule has 0 radical (unpaired) electrons. The van der Waals surface area contributed by atoms with Crippen molar-refractivity contribution >= 4 is 28.3 Å². The van der Waals surface area contributed by atoms with Crippen LogP contribution in [0, 0.1) is 16.0 Å². The molecule has 1 aromatic carbocycles. The number of nitro groups is 1. The van der Waals surface area contributed by atoms with Gasteiger partial charge in [-0.3, -0.25) is 20.0 Å². The molecule has 0 bridgehead atoms. The highest BCUT2D eigenvalue weighted by Gasteiger charge is 2.20. The molecule has 1 fully saturated rings. The van der Waals surface area contributed by atoms with Crippen LogP contribution in [0.2, 0.25) is 0 Å². The smallest absolute Gasteiger partial charge is 0.278 e. The first-order valence-electron chi connectivity index (χ1n) is 9.63. The van der Waals surface area contributed by atoms with E-state index in [1.54, 1.807) is 18.3 Å². The van der Waals surface area contributed by atoms with Crippen LogP contribution in [0.5, 0.6) is 5.75 Å². The van der Waals surface area contributed by atoms with Gasteiger partial charge in [-0.15, -0.1) is 0 Å². The summed E-state index contributed by atoms with van der Waals surface area (Å²) in [5, 5.41) is 20.9. The number of nitro benzene ring substituents is 1. The number of pyridine rings is 1. The monoisotopic (exact) mass is 395 g/mol. The first kappa shape index (κ1) is 18.9. The van der Waals surface area contributed by atoms with Gasteiger partial charge in [-0.05, 0) is 37.0 Å². The van der Waals surface area contributed by atoms with Crippen molar-refractivity contribution in [3.8, 4) is 5.75 Å². The molecule has 9 nitrogen and oxygen atoms in total. The molecule has 0 saturated heterocycles. The molecule has 3 aromatic rings. The number of aromatic nitrogens is 3. The third-order valence-corrected chi connectivity index (χ3v) is 5.17. The molecular formula is C20H21N5O4. The lowest BCUT2D eigenvalue weighted by atomic mass is 9.90. The lowest BCUT2D eigenvalue weighted by Crippen LogP contribution is -2.18. The number of amides is 1. The number of fused-ring (bicyclic) bond motifs is 1. The molecule has 2 heterocycles. The zero-order valence-corrected chi connectivity index (χ0v) is 15.8. The number of hydrogen-bond acceptors (Lipinski definition) is 6. The van der Waals surface area contributed by atoms with Gasteiger partial charge in [0.05, 0.1) is 17.0 Å². The summed E-state index contributed by atoms with van der Waals surface area (Å²) in [5.41, 5.74) is 0.491. The van der Waals surface area contributed by atoms with E-state index in [-0.39, 0.29) is 11.4 Å². The maximum absolute atomic E-state index is 12.8. The van der Waals surface area contributed by atoms with E-state index < -0.39 is 10.8 Å². The van der Waals surface area contributed by atoms with Gasteiger partial charge in [0.15, 0.2) is 17.3 Å². The minimum Gasteiger partial charge on any atom is -0.489 e. The van der Waals surface area contributed by atoms with Crippen LogP contribution in [0.1, 0.15) is 42.6 Å². The number of ether oxygens (including phenoxy) is 1. The Labute approximate surface area is 166 Å². The zero-order chi connectivity index (χ0) is 20.2. The van der Waals surface area contributed by atoms with Gasteiger partial charge in [-0.2, -0.15) is 5.10 Å². The number of hydrogen-bond donors (Lipinski definition) is 2. The number of nitrogens with zero attached hydrogens (tertiary/aromatic N) is 3. The van der Waals surface area contributed by atoms with E-state index in [9.17, 15) is 14.9 Å². The third kappa shape index (κ3) is 4.18. The van der Waals surface area contributed by atoms with E-state index in [0.717, 1.165) is 12.8 Å². The van der Waals surface area contributed by atoms with E-state index in [2.05, 4.69) is 20.5 Å². The van der Waals surface area contributed by atoms with E-state index in [1.165, 1.54) is 37.5 Å². The number of rotatable bonds is 6. The molecule has 29 heavy (non-hydrogen) atoms. The highest BCUT2D eigenvalue weighted by Crippen LogP contribution is 2.28. The van der Waals surface area contributed by atoms with Crippen LogP contribution < -0.4 is 10.1 Å². The molecular weight excluding hydrogens is 374 g/mol. The van der Waals surface area contributed by atoms with Crippen LogP contribution >= 0.6 is 0 Å². The van der Waals surface area contributed by atoms with E-state index in [0.29, 0.717) is 35.0 Å². The highest BCUT2D eigenvalue weighted by atomic mass is 16.6. The molecule has 1 aliphatic carbocycles. The fraction of sp³-hybridized carbons (Fsp3) is 0.350. The molecule has 150 valence electrons. The SMILES string of the molecule is O=C(Nc1ncccc1OCC1CCCCC1)c1n[nH]c2ccc([N+](=O)[O-])cc12. The summed E-state index contributed by atoms with van der Waals surface area (Å²) in [7, 11) is 0. The Kier molecular flexibility index (Phi) is 5.37. The van der Waals surface area contributed by atoms with Crippen molar-refractivity contribution in [1.29, 1.82) is 0 Å². The van der Waals surface area contributed by atoms with E-state index >= 15 is 0 Å². The quantitative estimate of drug-likeness (QED) is 0.479. The molecule has 2 aromatic heterocycles. The van der Waals surface area contributed by atoms with Gasteiger partial charge in [0, 0.05) is 23.7 Å². The average Bonchev–Trinajstić information content (AvgIpc) is 3.17. The van der Waals surface area contributed by atoms with Gasteiger partial charge in [0.25, 0.3) is 11.6 Å². The predicted octanol–water partition coefficient (Wildman–Crippen LogP) is 4.08. The molecule has 0 unspecified atom stereocenters. The molecule has 4 rings (SSSR count). The number of benzene rings is 1. The van der Waals surface area contributed by atoms with Crippen LogP contribution in [0.15, 0.2) is 36.5 Å². The average molecular weight is 395 g/mol. The molecule has 1 amide bonds. The normalized spacial score (nSPS) is 14.6. The largest absolute Gasteiger partial charge is 0.489 e. The molecule has 0 atom stereocenters. The van der Waals surface area contributed by atoms with Gasteiger partial charge in [0.2, 0.25) is 0 Å². The molecule has 2 N–H and O–H groups in total. The number of carbonyl (C=O) groups excluding carboxylic acids is 1. The Morgan fingerprint density at radius 1 is 1.28 bits per heavy atom. The second-order valence-corrected chi connectivity index (χ2v) is 7.18. The Hall–Kier alpha value is -3.49. The summed E-state index contributed by atoms with van der Waals surface area (Å²) < 4.78 is 5.94. The topological polar surface area (TPSA) is 123 Å². The minimum absolute atomic E-state index is 0.0626. The van der Waals surface area contributed by atoms with Crippen molar-refractivity contribution in [3.05, 3.63) is 52.3 Å². The Bertz CT molecular complexity index is 1040. The number of anilines is 1. The fourth-order valence-electron chi connectivity index (χ4n) is 3.62. The van der Waals surface area contributed by atoms with Gasteiger partial charge in [-0.1, -0.05) is 19.3 Å². The summed E-state index contributed by atoms with van der Waals surface area (Å²) in [6.45, 7) is 0.589. The Morgan fingerprint density at radius 3 is 2.90 bits per heavy atom.